The number of anilines is 1. The average Bonchev–Trinajstić information content (AvgIpc) is 3.26. The third-order valence-corrected chi connectivity index (χ3v) is 5.80. The second kappa shape index (κ2) is 6.65. The van der Waals surface area contributed by atoms with Crippen molar-refractivity contribution in [2.75, 3.05) is 5.32 Å². The van der Waals surface area contributed by atoms with Gasteiger partial charge in [-0.15, -0.1) is 0 Å². The molecule has 0 aliphatic heterocycles. The maximum Gasteiger partial charge on any atom is 0.269 e. The van der Waals surface area contributed by atoms with E-state index >= 15 is 0 Å². The Morgan fingerprint density at radius 3 is 2.48 bits per heavy atom. The lowest BCUT2D eigenvalue weighted by Gasteiger charge is -2.02. The predicted molar refractivity (Wildman–Crippen MR) is 115 cm³/mol. The van der Waals surface area contributed by atoms with E-state index in [9.17, 15) is 14.9 Å². The molecule has 0 saturated carbocycles. The van der Waals surface area contributed by atoms with Crippen molar-refractivity contribution in [2.45, 2.75) is 0 Å². The molecule has 1 aromatic heterocycles. The number of nitrogens with one attached hydrogen (secondary N) is 1. The summed E-state index contributed by atoms with van der Waals surface area (Å²) in [4.78, 5) is 28.2. The first-order valence-electron chi connectivity index (χ1n) is 8.87. The topological polar surface area (TPSA) is 85.1 Å². The van der Waals surface area contributed by atoms with Crippen molar-refractivity contribution in [1.82, 2.24) is 4.98 Å². The van der Waals surface area contributed by atoms with Crippen LogP contribution in [0.3, 0.4) is 0 Å². The number of aromatic nitrogens is 1. The molecule has 0 saturated heterocycles. The highest BCUT2D eigenvalue weighted by Gasteiger charge is 2.25. The minimum absolute atomic E-state index is 0.0132. The Morgan fingerprint density at radius 1 is 1.03 bits per heavy atom. The summed E-state index contributed by atoms with van der Waals surface area (Å²) in [7, 11) is 0. The molecule has 140 valence electrons. The van der Waals surface area contributed by atoms with Crippen LogP contribution in [-0.2, 0) is 4.79 Å². The molecule has 0 spiro atoms. The number of non-ortho nitro benzene ring substituents is 1. The quantitative estimate of drug-likeness (QED) is 0.245. The highest BCUT2D eigenvalue weighted by atomic mass is 32.1. The van der Waals surface area contributed by atoms with Crippen LogP contribution in [0.4, 0.5) is 10.8 Å². The molecule has 7 heteroatoms. The van der Waals surface area contributed by atoms with E-state index in [-0.39, 0.29) is 11.6 Å². The van der Waals surface area contributed by atoms with E-state index in [2.05, 4.69) is 34.6 Å². The Kier molecular flexibility index (Phi) is 3.96. The number of amides is 1. The second-order valence-electron chi connectivity index (χ2n) is 6.58. The molecule has 0 atom stereocenters. The van der Waals surface area contributed by atoms with Gasteiger partial charge in [0.1, 0.15) is 0 Å². The fraction of sp³-hybridized carbons (Fsp3) is 0. The Hall–Kier alpha value is -3.84. The van der Waals surface area contributed by atoms with Crippen LogP contribution in [0.5, 0.6) is 0 Å². The van der Waals surface area contributed by atoms with Gasteiger partial charge in [-0.25, -0.2) is 4.98 Å². The number of hydrogen-bond acceptors (Lipinski definition) is 5. The zero-order valence-corrected chi connectivity index (χ0v) is 15.8. The van der Waals surface area contributed by atoms with Crippen LogP contribution in [0.25, 0.3) is 38.5 Å². The number of benzene rings is 3. The number of carbonyl (C=O) groups excluding carboxylic acids is 1. The lowest BCUT2D eigenvalue weighted by molar-refractivity contribution is -0.384. The van der Waals surface area contributed by atoms with Gasteiger partial charge in [0.05, 0.1) is 15.5 Å². The number of fused-ring (bicyclic) bond motifs is 3. The number of nitro benzene ring substituents is 1. The Bertz CT molecular complexity index is 1270. The molecule has 3 aromatic carbocycles. The number of hydrogen-bond donors (Lipinski definition) is 1. The van der Waals surface area contributed by atoms with Crippen molar-refractivity contribution in [1.29, 1.82) is 0 Å². The lowest BCUT2D eigenvalue weighted by Crippen LogP contribution is -2.07. The summed E-state index contributed by atoms with van der Waals surface area (Å²) in [6, 6.07) is 18.3. The standard InChI is InChI=1S/C22H13N3O3S/c26-18(12-9-13-7-10-15(11-8-13)25(27)28)23-22-24-20-16-5-1-3-14-4-2-6-17(19(14)16)21(20)29-22/h1-12H,(H,23,24,26). The minimum Gasteiger partial charge on any atom is -0.298 e. The van der Waals surface area contributed by atoms with Gasteiger partial charge in [0.25, 0.3) is 5.69 Å². The van der Waals surface area contributed by atoms with Crippen LogP contribution in [0, 0.1) is 10.1 Å². The van der Waals surface area contributed by atoms with E-state index in [0.29, 0.717) is 10.7 Å². The van der Waals surface area contributed by atoms with E-state index < -0.39 is 4.92 Å². The van der Waals surface area contributed by atoms with Gasteiger partial charge in [0.15, 0.2) is 5.13 Å². The van der Waals surface area contributed by atoms with Gasteiger partial charge in [-0.2, -0.15) is 0 Å². The summed E-state index contributed by atoms with van der Waals surface area (Å²) in [6.45, 7) is 0. The molecule has 1 heterocycles. The minimum atomic E-state index is -0.458. The van der Waals surface area contributed by atoms with Crippen LogP contribution < -0.4 is 5.32 Å². The number of nitrogens with zero attached hydrogens (tertiary/aromatic N) is 2. The first kappa shape index (κ1) is 17.3. The van der Waals surface area contributed by atoms with Gasteiger partial charge in [0.2, 0.25) is 5.91 Å². The van der Waals surface area contributed by atoms with Crippen LogP contribution in [0.15, 0.2) is 66.7 Å². The molecule has 1 aliphatic rings. The molecule has 4 aromatic rings. The Balaban J connectivity index is 1.36. The number of rotatable bonds is 4. The molecule has 0 bridgehead atoms. The smallest absolute Gasteiger partial charge is 0.269 e. The SMILES string of the molecule is O=C(C=Cc1ccc([N+](=O)[O-])cc1)Nc1nc2c(s1)-c1cccc3cccc-2c13. The van der Waals surface area contributed by atoms with Gasteiger partial charge in [-0.3, -0.25) is 20.2 Å². The van der Waals surface area contributed by atoms with Crippen molar-refractivity contribution < 1.29 is 9.72 Å². The molecular weight excluding hydrogens is 386 g/mol. The third-order valence-electron chi connectivity index (χ3n) is 4.79. The van der Waals surface area contributed by atoms with Crippen molar-refractivity contribution in [3.05, 3.63) is 82.4 Å². The van der Waals surface area contributed by atoms with E-state index in [1.807, 2.05) is 12.1 Å². The zero-order valence-electron chi connectivity index (χ0n) is 15.0. The van der Waals surface area contributed by atoms with Crippen LogP contribution >= 0.6 is 11.3 Å². The molecule has 5 rings (SSSR count). The predicted octanol–water partition coefficient (Wildman–Crippen LogP) is 5.50. The van der Waals surface area contributed by atoms with Crippen LogP contribution in [0.1, 0.15) is 5.56 Å². The zero-order chi connectivity index (χ0) is 20.0. The summed E-state index contributed by atoms with van der Waals surface area (Å²) in [5.41, 5.74) is 3.85. The van der Waals surface area contributed by atoms with Gasteiger partial charge < -0.3 is 0 Å². The molecule has 1 N–H and O–H groups in total. The summed E-state index contributed by atoms with van der Waals surface area (Å²) >= 11 is 1.45. The maximum absolute atomic E-state index is 12.3. The maximum atomic E-state index is 12.3. The highest BCUT2D eigenvalue weighted by molar-refractivity contribution is 7.20. The van der Waals surface area contributed by atoms with Gasteiger partial charge in [0, 0.05) is 29.3 Å². The molecule has 0 fully saturated rings. The number of nitro groups is 1. The molecule has 0 radical (unpaired) electrons. The summed E-state index contributed by atoms with van der Waals surface area (Å²) < 4.78 is 0. The van der Waals surface area contributed by atoms with E-state index in [4.69, 9.17) is 0 Å². The van der Waals surface area contributed by atoms with Crippen molar-refractivity contribution in [3.63, 3.8) is 0 Å². The summed E-state index contributed by atoms with van der Waals surface area (Å²) in [5, 5.41) is 16.4. The van der Waals surface area contributed by atoms with Crippen LogP contribution in [0.2, 0.25) is 0 Å². The Labute approximate surface area is 169 Å². The molecule has 0 unspecified atom stereocenters. The van der Waals surface area contributed by atoms with Gasteiger partial charge in [-0.05, 0) is 34.5 Å². The fourth-order valence-electron chi connectivity index (χ4n) is 3.49. The normalized spacial score (nSPS) is 11.7. The average molecular weight is 399 g/mol. The van der Waals surface area contributed by atoms with Gasteiger partial charge in [-0.1, -0.05) is 47.7 Å². The van der Waals surface area contributed by atoms with Crippen LogP contribution in [-0.4, -0.2) is 15.8 Å². The fourth-order valence-corrected chi connectivity index (χ4v) is 4.51. The van der Waals surface area contributed by atoms with Gasteiger partial charge >= 0.3 is 0 Å². The monoisotopic (exact) mass is 399 g/mol. The summed E-state index contributed by atoms with van der Waals surface area (Å²) in [5.74, 6) is -0.303. The first-order valence-corrected chi connectivity index (χ1v) is 9.68. The Morgan fingerprint density at radius 2 is 1.76 bits per heavy atom. The molecule has 1 aliphatic carbocycles. The second-order valence-corrected chi connectivity index (χ2v) is 7.58. The molecule has 1 amide bonds. The van der Waals surface area contributed by atoms with E-state index in [0.717, 1.165) is 21.7 Å². The largest absolute Gasteiger partial charge is 0.298 e. The third kappa shape index (κ3) is 2.97. The van der Waals surface area contributed by atoms with Crippen molar-refractivity contribution in [2.24, 2.45) is 0 Å². The highest BCUT2D eigenvalue weighted by Crippen LogP contribution is 2.50. The van der Waals surface area contributed by atoms with E-state index in [1.165, 1.54) is 40.3 Å². The van der Waals surface area contributed by atoms with Crippen molar-refractivity contribution in [3.8, 4) is 21.7 Å². The summed E-state index contributed by atoms with van der Waals surface area (Å²) in [6.07, 6.45) is 3.00. The number of carbonyl (C=O) groups is 1. The first-order chi connectivity index (χ1) is 14.1. The lowest BCUT2D eigenvalue weighted by atomic mass is 10.0. The molecule has 29 heavy (non-hydrogen) atoms. The van der Waals surface area contributed by atoms with E-state index in [1.54, 1.807) is 18.2 Å². The molecule has 6 nitrogen and oxygen atoms in total. The van der Waals surface area contributed by atoms with Crippen molar-refractivity contribution >= 4 is 44.9 Å². The molecular formula is C22H13N3O3S. The number of thiazole rings is 1.